The number of carbonyl (C=O) groups is 1. The largest absolute Gasteiger partial charge is 0.573 e. The number of anilines is 1. The molecule has 1 rings (SSSR count). The quantitative estimate of drug-likeness (QED) is 0.899. The third-order valence-electron chi connectivity index (χ3n) is 2.29. The Kier molecular flexibility index (Phi) is 5.06. The lowest BCUT2D eigenvalue weighted by Gasteiger charge is -2.25. The number of nitrogens with zero attached hydrogens (tertiary/aromatic N) is 1. The molecule has 0 saturated carbocycles. The van der Waals surface area contributed by atoms with Gasteiger partial charge in [0.1, 0.15) is 5.75 Å². The predicted molar refractivity (Wildman–Crippen MR) is 71.1 cm³/mol. The number of likely N-dealkylation sites (N-methyl/N-ethyl adjacent to an activating group) is 1. The van der Waals surface area contributed by atoms with Crippen LogP contribution in [0.4, 0.5) is 23.7 Å². The highest BCUT2D eigenvalue weighted by molar-refractivity contribution is 5.89. The van der Waals surface area contributed by atoms with Gasteiger partial charge in [-0.1, -0.05) is 6.07 Å². The van der Waals surface area contributed by atoms with Crippen molar-refractivity contribution >= 4 is 11.7 Å². The summed E-state index contributed by atoms with van der Waals surface area (Å²) in [5.41, 5.74) is -0.919. The second kappa shape index (κ2) is 6.21. The van der Waals surface area contributed by atoms with E-state index in [9.17, 15) is 23.1 Å². The average molecular weight is 306 g/mol. The maximum Gasteiger partial charge on any atom is 0.573 e. The lowest BCUT2D eigenvalue weighted by atomic mass is 10.1. The molecule has 1 aromatic carbocycles. The van der Waals surface area contributed by atoms with E-state index in [1.807, 2.05) is 0 Å². The molecule has 1 aromatic rings. The Morgan fingerprint density at radius 3 is 2.52 bits per heavy atom. The Labute approximate surface area is 120 Å². The molecule has 0 aromatic heterocycles. The van der Waals surface area contributed by atoms with Gasteiger partial charge in [-0.2, -0.15) is 0 Å². The highest BCUT2D eigenvalue weighted by atomic mass is 19.4. The number of amides is 2. The standard InChI is InChI=1S/C13H17F3N2O3/c1-12(2,20)8-18(3)11(19)17-9-5-4-6-10(7-9)21-13(14,15)16/h4-7,20H,8H2,1-3H3,(H,17,19). The monoisotopic (exact) mass is 306 g/mol. The molecule has 0 unspecified atom stereocenters. The molecule has 0 aliphatic carbocycles. The van der Waals surface area contributed by atoms with Gasteiger partial charge >= 0.3 is 12.4 Å². The lowest BCUT2D eigenvalue weighted by molar-refractivity contribution is -0.274. The molecule has 0 spiro atoms. The number of benzene rings is 1. The number of nitrogens with one attached hydrogen (secondary N) is 1. The third-order valence-corrected chi connectivity index (χ3v) is 2.29. The molecule has 0 atom stereocenters. The van der Waals surface area contributed by atoms with Crippen molar-refractivity contribution < 1.29 is 27.8 Å². The van der Waals surface area contributed by atoms with E-state index in [4.69, 9.17) is 0 Å². The van der Waals surface area contributed by atoms with Crippen molar-refractivity contribution in [1.82, 2.24) is 4.90 Å². The third kappa shape index (κ3) is 6.84. The molecule has 5 nitrogen and oxygen atoms in total. The van der Waals surface area contributed by atoms with Crippen molar-refractivity contribution in [3.8, 4) is 5.75 Å². The predicted octanol–water partition coefficient (Wildman–Crippen LogP) is 2.82. The van der Waals surface area contributed by atoms with Crippen molar-refractivity contribution in [1.29, 1.82) is 0 Å². The van der Waals surface area contributed by atoms with Crippen molar-refractivity contribution in [3.05, 3.63) is 24.3 Å². The maximum absolute atomic E-state index is 12.1. The fourth-order valence-electron chi connectivity index (χ4n) is 1.64. The molecule has 0 radical (unpaired) electrons. The molecule has 0 fully saturated rings. The number of hydrogen-bond acceptors (Lipinski definition) is 3. The van der Waals surface area contributed by atoms with Crippen LogP contribution < -0.4 is 10.1 Å². The van der Waals surface area contributed by atoms with Crippen LogP contribution in [0, 0.1) is 0 Å². The van der Waals surface area contributed by atoms with E-state index in [1.165, 1.54) is 37.9 Å². The Bertz CT molecular complexity index is 498. The molecule has 0 aliphatic heterocycles. The SMILES string of the molecule is CN(CC(C)(C)O)C(=O)Nc1cccc(OC(F)(F)F)c1. The number of alkyl halides is 3. The summed E-state index contributed by atoms with van der Waals surface area (Å²) in [7, 11) is 1.46. The summed E-state index contributed by atoms with van der Waals surface area (Å²) >= 11 is 0. The highest BCUT2D eigenvalue weighted by Gasteiger charge is 2.31. The van der Waals surface area contributed by atoms with Crippen LogP contribution in [-0.4, -0.2) is 41.6 Å². The summed E-state index contributed by atoms with van der Waals surface area (Å²) in [6.45, 7) is 3.14. The van der Waals surface area contributed by atoms with Gasteiger partial charge in [0, 0.05) is 18.8 Å². The van der Waals surface area contributed by atoms with Crippen LogP contribution in [0.1, 0.15) is 13.8 Å². The van der Waals surface area contributed by atoms with Gasteiger partial charge in [-0.15, -0.1) is 13.2 Å². The minimum absolute atomic E-state index is 0.0670. The van der Waals surface area contributed by atoms with Gasteiger partial charge < -0.3 is 20.1 Å². The number of ether oxygens (including phenoxy) is 1. The normalized spacial score (nSPS) is 12.0. The Hall–Kier alpha value is -1.96. The summed E-state index contributed by atoms with van der Waals surface area (Å²) in [6, 6.07) is 4.39. The Morgan fingerprint density at radius 2 is 2.00 bits per heavy atom. The van der Waals surface area contributed by atoms with E-state index in [2.05, 4.69) is 10.1 Å². The van der Waals surface area contributed by atoms with E-state index in [0.717, 1.165) is 12.1 Å². The van der Waals surface area contributed by atoms with Gasteiger partial charge in [0.15, 0.2) is 0 Å². The van der Waals surface area contributed by atoms with Crippen LogP contribution in [0.2, 0.25) is 0 Å². The fraction of sp³-hybridized carbons (Fsp3) is 0.462. The smallest absolute Gasteiger partial charge is 0.406 e. The number of urea groups is 1. The topological polar surface area (TPSA) is 61.8 Å². The number of rotatable bonds is 4. The average Bonchev–Trinajstić information content (AvgIpc) is 2.24. The first-order chi connectivity index (χ1) is 9.46. The van der Waals surface area contributed by atoms with Crippen molar-refractivity contribution in [3.63, 3.8) is 0 Å². The van der Waals surface area contributed by atoms with E-state index in [1.54, 1.807) is 0 Å². The Balaban J connectivity index is 2.70. The summed E-state index contributed by atoms with van der Waals surface area (Å²) in [5.74, 6) is -0.426. The number of carbonyl (C=O) groups excluding carboxylic acids is 1. The minimum Gasteiger partial charge on any atom is -0.406 e. The second-order valence-corrected chi connectivity index (χ2v) is 5.17. The van der Waals surface area contributed by atoms with Crippen molar-refractivity contribution in [2.24, 2.45) is 0 Å². The maximum atomic E-state index is 12.1. The van der Waals surface area contributed by atoms with E-state index in [-0.39, 0.29) is 12.2 Å². The molecule has 2 amide bonds. The van der Waals surface area contributed by atoms with E-state index in [0.29, 0.717) is 0 Å². The fourth-order valence-corrected chi connectivity index (χ4v) is 1.64. The molecule has 0 heterocycles. The van der Waals surface area contributed by atoms with Crippen LogP contribution in [0.25, 0.3) is 0 Å². The van der Waals surface area contributed by atoms with Gasteiger partial charge in [-0.25, -0.2) is 4.79 Å². The number of hydrogen-bond donors (Lipinski definition) is 2. The Morgan fingerprint density at radius 1 is 1.38 bits per heavy atom. The first-order valence-electron chi connectivity index (χ1n) is 6.06. The van der Waals surface area contributed by atoms with Gasteiger partial charge in [0.2, 0.25) is 0 Å². The van der Waals surface area contributed by atoms with Crippen LogP contribution >= 0.6 is 0 Å². The molecule has 2 N–H and O–H groups in total. The number of halogens is 3. The molecule has 0 saturated heterocycles. The second-order valence-electron chi connectivity index (χ2n) is 5.17. The molecule has 0 aliphatic rings. The van der Waals surface area contributed by atoms with E-state index < -0.39 is 23.7 Å². The van der Waals surface area contributed by atoms with Crippen LogP contribution in [0.3, 0.4) is 0 Å². The number of aliphatic hydroxyl groups is 1. The van der Waals surface area contributed by atoms with Crippen molar-refractivity contribution in [2.45, 2.75) is 25.8 Å². The minimum atomic E-state index is -4.79. The summed E-state index contributed by atoms with van der Waals surface area (Å²) in [5, 5.41) is 12.0. The molecule has 21 heavy (non-hydrogen) atoms. The van der Waals surface area contributed by atoms with Gasteiger partial charge in [0.05, 0.1) is 12.1 Å². The lowest BCUT2D eigenvalue weighted by Crippen LogP contribution is -2.41. The molecule has 118 valence electrons. The van der Waals surface area contributed by atoms with Crippen molar-refractivity contribution in [2.75, 3.05) is 18.9 Å². The van der Waals surface area contributed by atoms with Crippen LogP contribution in [0.5, 0.6) is 5.75 Å². The van der Waals surface area contributed by atoms with Gasteiger partial charge in [0.25, 0.3) is 0 Å². The zero-order chi connectivity index (χ0) is 16.3. The van der Waals surface area contributed by atoms with Gasteiger partial charge in [-0.05, 0) is 26.0 Å². The van der Waals surface area contributed by atoms with Crippen LogP contribution in [-0.2, 0) is 0 Å². The first kappa shape index (κ1) is 17.1. The van der Waals surface area contributed by atoms with Gasteiger partial charge in [-0.3, -0.25) is 0 Å². The zero-order valence-corrected chi connectivity index (χ0v) is 11.9. The first-order valence-corrected chi connectivity index (χ1v) is 6.06. The highest BCUT2D eigenvalue weighted by Crippen LogP contribution is 2.25. The molecule has 0 bridgehead atoms. The summed E-state index contributed by atoms with van der Waals surface area (Å²) < 4.78 is 40.1. The molecular formula is C13H17F3N2O3. The zero-order valence-electron chi connectivity index (χ0n) is 11.9. The summed E-state index contributed by atoms with van der Waals surface area (Å²) in [4.78, 5) is 13.0. The molecule has 8 heteroatoms. The van der Waals surface area contributed by atoms with E-state index >= 15 is 0 Å². The van der Waals surface area contributed by atoms with Crippen LogP contribution in [0.15, 0.2) is 24.3 Å². The molecular weight excluding hydrogens is 289 g/mol. The summed E-state index contributed by atoms with van der Waals surface area (Å²) in [6.07, 6.45) is -4.79.